The molecule has 0 radical (unpaired) electrons. The summed E-state index contributed by atoms with van der Waals surface area (Å²) in [5, 5.41) is 0. The van der Waals surface area contributed by atoms with E-state index in [2.05, 4.69) is 31.2 Å². The van der Waals surface area contributed by atoms with Crippen LogP contribution in [0.1, 0.15) is 60.2 Å². The lowest BCUT2D eigenvalue weighted by Gasteiger charge is -2.48. The van der Waals surface area contributed by atoms with Gasteiger partial charge < -0.3 is 19.1 Å². The van der Waals surface area contributed by atoms with Crippen molar-refractivity contribution < 1.29 is 19.0 Å². The maximum absolute atomic E-state index is 13.1. The maximum Gasteiger partial charge on any atom is 0.253 e. The minimum atomic E-state index is -0.231. The number of amides is 1. The number of aryl methyl sites for hydroxylation is 1. The largest absolute Gasteiger partial charge is 0.496 e. The van der Waals surface area contributed by atoms with Crippen LogP contribution in [-0.2, 0) is 9.47 Å². The van der Waals surface area contributed by atoms with Crippen LogP contribution in [0.5, 0.6) is 5.75 Å². The smallest absolute Gasteiger partial charge is 0.253 e. The van der Waals surface area contributed by atoms with E-state index in [9.17, 15) is 4.79 Å². The van der Waals surface area contributed by atoms with Gasteiger partial charge in [-0.3, -0.25) is 4.79 Å². The number of ether oxygens (including phenoxy) is 3. The third kappa shape index (κ3) is 4.78. The lowest BCUT2D eigenvalue weighted by Crippen LogP contribution is -2.52. The second-order valence-corrected chi connectivity index (χ2v) is 8.69. The Morgan fingerprint density at radius 2 is 1.90 bits per heavy atom. The van der Waals surface area contributed by atoms with Crippen LogP contribution in [0, 0.1) is 6.92 Å². The summed E-state index contributed by atoms with van der Waals surface area (Å²) < 4.78 is 18.1. The summed E-state index contributed by atoms with van der Waals surface area (Å²) in [5.74, 6) is 0.885. The van der Waals surface area contributed by atoms with Crippen molar-refractivity contribution in [2.45, 2.75) is 57.3 Å². The van der Waals surface area contributed by atoms with Gasteiger partial charge in [-0.15, -0.1) is 0 Å². The minimum absolute atomic E-state index is 0.0398. The molecule has 0 bridgehead atoms. The van der Waals surface area contributed by atoms with Crippen molar-refractivity contribution in [2.24, 2.45) is 0 Å². The van der Waals surface area contributed by atoms with Gasteiger partial charge in [-0.05, 0) is 56.0 Å². The second-order valence-electron chi connectivity index (χ2n) is 8.69. The summed E-state index contributed by atoms with van der Waals surface area (Å²) in [6, 6.07) is 16.1. The first-order valence-electron chi connectivity index (χ1n) is 11.3. The minimum Gasteiger partial charge on any atom is -0.496 e. The van der Waals surface area contributed by atoms with Crippen LogP contribution in [0.3, 0.4) is 0 Å². The van der Waals surface area contributed by atoms with Crippen molar-refractivity contribution in [1.29, 1.82) is 0 Å². The highest BCUT2D eigenvalue weighted by Crippen LogP contribution is 2.44. The third-order valence-electron chi connectivity index (χ3n) is 6.65. The molecule has 5 nitrogen and oxygen atoms in total. The van der Waals surface area contributed by atoms with Gasteiger partial charge in [0.15, 0.2) is 0 Å². The fraction of sp³-hybridized carbons (Fsp3) is 0.500. The molecule has 2 fully saturated rings. The van der Waals surface area contributed by atoms with Gasteiger partial charge in [-0.2, -0.15) is 0 Å². The standard InChI is InChI=1S/C26H33NO4/c1-4-30-22-17-24(20-8-6-5-7-9-20)31-26(18-22)12-14-27(15-13-26)25(28)21-10-11-23(29-3)19(2)16-21/h5-11,16,22,24H,4,12-15,17-18H2,1-3H3/t22-,24-/m0/s1. The van der Waals surface area contributed by atoms with Crippen LogP contribution in [0.25, 0.3) is 0 Å². The molecule has 5 heteroatoms. The zero-order valence-electron chi connectivity index (χ0n) is 18.8. The predicted octanol–water partition coefficient (Wildman–Crippen LogP) is 4.94. The summed E-state index contributed by atoms with van der Waals surface area (Å²) in [5.41, 5.74) is 2.67. The quantitative estimate of drug-likeness (QED) is 0.684. The maximum atomic E-state index is 13.1. The van der Waals surface area contributed by atoms with Gasteiger partial charge in [0.1, 0.15) is 5.75 Å². The van der Waals surface area contributed by atoms with E-state index in [-0.39, 0.29) is 23.7 Å². The molecule has 2 aromatic rings. The van der Waals surface area contributed by atoms with E-state index < -0.39 is 0 Å². The van der Waals surface area contributed by atoms with Crippen LogP contribution in [0.15, 0.2) is 48.5 Å². The van der Waals surface area contributed by atoms with Gasteiger partial charge in [0.25, 0.3) is 5.91 Å². The number of benzene rings is 2. The number of likely N-dealkylation sites (tertiary alicyclic amines) is 1. The number of nitrogens with zero attached hydrogens (tertiary/aromatic N) is 1. The molecule has 1 amide bonds. The summed E-state index contributed by atoms with van der Waals surface area (Å²) in [6.07, 6.45) is 3.68. The van der Waals surface area contributed by atoms with Crippen molar-refractivity contribution in [1.82, 2.24) is 4.90 Å². The fourth-order valence-electron chi connectivity index (χ4n) is 5.00. The van der Waals surface area contributed by atoms with E-state index in [4.69, 9.17) is 14.2 Å². The van der Waals surface area contributed by atoms with Crippen molar-refractivity contribution in [3.63, 3.8) is 0 Å². The van der Waals surface area contributed by atoms with Gasteiger partial charge in [0.2, 0.25) is 0 Å². The van der Waals surface area contributed by atoms with Crippen LogP contribution >= 0.6 is 0 Å². The molecule has 2 heterocycles. The molecule has 166 valence electrons. The molecule has 2 saturated heterocycles. The topological polar surface area (TPSA) is 48.0 Å². The number of hydrogen-bond donors (Lipinski definition) is 0. The number of hydrogen-bond acceptors (Lipinski definition) is 4. The Kier molecular flexibility index (Phi) is 6.63. The lowest BCUT2D eigenvalue weighted by atomic mass is 9.80. The number of piperidine rings is 1. The Bertz CT molecular complexity index is 890. The first-order chi connectivity index (χ1) is 15.0. The van der Waals surface area contributed by atoms with Crippen molar-refractivity contribution in [2.75, 3.05) is 26.8 Å². The van der Waals surface area contributed by atoms with E-state index in [1.54, 1.807) is 7.11 Å². The molecule has 1 spiro atoms. The first kappa shape index (κ1) is 21.8. The van der Waals surface area contributed by atoms with Crippen LogP contribution < -0.4 is 4.74 Å². The van der Waals surface area contributed by atoms with E-state index in [0.717, 1.165) is 37.0 Å². The van der Waals surface area contributed by atoms with Gasteiger partial charge in [-0.1, -0.05) is 30.3 Å². The van der Waals surface area contributed by atoms with Gasteiger partial charge in [0.05, 0.1) is 24.9 Å². The Hall–Kier alpha value is -2.37. The molecule has 2 aromatic carbocycles. The lowest BCUT2D eigenvalue weighted by molar-refractivity contribution is -0.190. The molecule has 2 aliphatic heterocycles. The van der Waals surface area contributed by atoms with Gasteiger partial charge in [-0.25, -0.2) is 0 Å². The van der Waals surface area contributed by atoms with Gasteiger partial charge in [0, 0.05) is 38.1 Å². The Balaban J connectivity index is 1.46. The second kappa shape index (κ2) is 9.41. The first-order valence-corrected chi connectivity index (χ1v) is 11.3. The molecule has 2 aliphatic rings. The van der Waals surface area contributed by atoms with Crippen molar-refractivity contribution >= 4 is 5.91 Å². The molecule has 0 N–H and O–H groups in total. The molecular weight excluding hydrogens is 390 g/mol. The summed E-state index contributed by atoms with van der Waals surface area (Å²) in [6.45, 7) is 6.13. The summed E-state index contributed by atoms with van der Waals surface area (Å²) in [7, 11) is 1.65. The van der Waals surface area contributed by atoms with E-state index in [1.165, 1.54) is 5.56 Å². The number of methoxy groups -OCH3 is 1. The van der Waals surface area contributed by atoms with E-state index in [0.29, 0.717) is 25.3 Å². The average molecular weight is 424 g/mol. The molecule has 0 saturated carbocycles. The zero-order valence-corrected chi connectivity index (χ0v) is 18.8. The number of carbonyl (C=O) groups excluding carboxylic acids is 1. The van der Waals surface area contributed by atoms with Crippen LogP contribution in [0.2, 0.25) is 0 Å². The highest BCUT2D eigenvalue weighted by molar-refractivity contribution is 5.94. The van der Waals surface area contributed by atoms with Crippen molar-refractivity contribution in [3.8, 4) is 5.75 Å². The molecule has 0 aliphatic carbocycles. The summed E-state index contributed by atoms with van der Waals surface area (Å²) >= 11 is 0. The highest BCUT2D eigenvalue weighted by Gasteiger charge is 2.45. The van der Waals surface area contributed by atoms with Crippen LogP contribution in [-0.4, -0.2) is 49.3 Å². The Morgan fingerprint density at radius 1 is 1.16 bits per heavy atom. The van der Waals surface area contributed by atoms with Gasteiger partial charge >= 0.3 is 0 Å². The number of rotatable bonds is 5. The third-order valence-corrected chi connectivity index (χ3v) is 6.65. The fourth-order valence-corrected chi connectivity index (χ4v) is 5.00. The predicted molar refractivity (Wildman–Crippen MR) is 121 cm³/mol. The van der Waals surface area contributed by atoms with E-state index in [1.807, 2.05) is 36.1 Å². The molecule has 0 aromatic heterocycles. The molecular formula is C26H33NO4. The Morgan fingerprint density at radius 3 is 2.55 bits per heavy atom. The molecule has 31 heavy (non-hydrogen) atoms. The summed E-state index contributed by atoms with van der Waals surface area (Å²) in [4.78, 5) is 15.1. The average Bonchev–Trinajstić information content (AvgIpc) is 2.79. The van der Waals surface area contributed by atoms with E-state index >= 15 is 0 Å². The highest BCUT2D eigenvalue weighted by atomic mass is 16.5. The number of carbonyl (C=O) groups is 1. The Labute approximate surface area is 185 Å². The SMILES string of the molecule is CCO[C@H]1C[C@@H](c2ccccc2)OC2(CCN(C(=O)c3ccc(OC)c(C)c3)CC2)C1. The zero-order chi connectivity index (χ0) is 21.8. The molecule has 0 unspecified atom stereocenters. The van der Waals surface area contributed by atoms with Crippen molar-refractivity contribution in [3.05, 3.63) is 65.2 Å². The molecule has 2 atom stereocenters. The monoisotopic (exact) mass is 423 g/mol. The van der Waals surface area contributed by atoms with Crippen LogP contribution in [0.4, 0.5) is 0 Å². The molecule has 4 rings (SSSR count). The normalized spacial score (nSPS) is 23.0.